The van der Waals surface area contributed by atoms with E-state index in [4.69, 9.17) is 9.84 Å². The molecule has 0 unspecified atom stereocenters. The Bertz CT molecular complexity index is 1200. The van der Waals surface area contributed by atoms with Crippen molar-refractivity contribution < 1.29 is 24.5 Å². The molecule has 8 nitrogen and oxygen atoms in total. The van der Waals surface area contributed by atoms with Crippen LogP contribution in [0.1, 0.15) is 53.7 Å². The number of benzene rings is 1. The number of hydrogen-bond acceptors (Lipinski definition) is 6. The van der Waals surface area contributed by atoms with Crippen LogP contribution in [0.5, 0.6) is 11.5 Å². The summed E-state index contributed by atoms with van der Waals surface area (Å²) in [5.74, 6) is -0.805. The van der Waals surface area contributed by atoms with Crippen molar-refractivity contribution in [3.05, 3.63) is 69.3 Å². The SMILES string of the molecule is CCCc1c(OCc2cccn3c(=O)c(CCC(=O)O)cnc23)ccc(C(C)=O)c1O. The van der Waals surface area contributed by atoms with Gasteiger partial charge in [-0.05, 0) is 38.0 Å². The lowest BCUT2D eigenvalue weighted by molar-refractivity contribution is -0.136. The summed E-state index contributed by atoms with van der Waals surface area (Å²) in [4.78, 5) is 39.5. The highest BCUT2D eigenvalue weighted by Gasteiger charge is 2.17. The smallest absolute Gasteiger partial charge is 0.303 e. The quantitative estimate of drug-likeness (QED) is 0.507. The monoisotopic (exact) mass is 424 g/mol. The first-order valence-electron chi connectivity index (χ1n) is 10.0. The molecule has 3 rings (SSSR count). The van der Waals surface area contributed by atoms with Gasteiger partial charge in [-0.15, -0.1) is 0 Å². The van der Waals surface area contributed by atoms with Crippen LogP contribution >= 0.6 is 0 Å². The zero-order valence-electron chi connectivity index (χ0n) is 17.4. The summed E-state index contributed by atoms with van der Waals surface area (Å²) < 4.78 is 7.32. The molecule has 0 bridgehead atoms. The van der Waals surface area contributed by atoms with E-state index in [1.54, 1.807) is 24.4 Å². The summed E-state index contributed by atoms with van der Waals surface area (Å²) >= 11 is 0. The predicted molar refractivity (Wildman–Crippen MR) is 114 cm³/mol. The van der Waals surface area contributed by atoms with Crippen molar-refractivity contribution >= 4 is 17.4 Å². The Hall–Kier alpha value is -3.68. The van der Waals surface area contributed by atoms with Crippen molar-refractivity contribution in [1.29, 1.82) is 0 Å². The van der Waals surface area contributed by atoms with Gasteiger partial charge in [0.1, 0.15) is 23.8 Å². The van der Waals surface area contributed by atoms with Gasteiger partial charge in [0, 0.05) is 35.5 Å². The fraction of sp³-hybridized carbons (Fsp3) is 0.304. The number of ketones is 1. The molecule has 0 saturated carbocycles. The number of rotatable bonds is 9. The third-order valence-corrected chi connectivity index (χ3v) is 4.99. The number of nitrogens with zero attached hydrogens (tertiary/aromatic N) is 2. The van der Waals surface area contributed by atoms with Crippen molar-refractivity contribution in [1.82, 2.24) is 9.38 Å². The fourth-order valence-electron chi connectivity index (χ4n) is 3.41. The van der Waals surface area contributed by atoms with Gasteiger partial charge in [0.25, 0.3) is 5.56 Å². The van der Waals surface area contributed by atoms with E-state index in [0.29, 0.717) is 34.5 Å². The number of aliphatic carboxylic acids is 1. The van der Waals surface area contributed by atoms with Crippen molar-refractivity contribution in [2.45, 2.75) is 46.1 Å². The zero-order chi connectivity index (χ0) is 22.5. The van der Waals surface area contributed by atoms with E-state index in [-0.39, 0.29) is 42.1 Å². The van der Waals surface area contributed by atoms with E-state index in [1.807, 2.05) is 6.92 Å². The normalized spacial score (nSPS) is 10.9. The molecule has 0 spiro atoms. The molecule has 0 radical (unpaired) electrons. The molecular formula is C23H24N2O6. The first-order valence-corrected chi connectivity index (χ1v) is 10.0. The van der Waals surface area contributed by atoms with Gasteiger partial charge >= 0.3 is 5.97 Å². The minimum atomic E-state index is -0.978. The third kappa shape index (κ3) is 4.74. The number of carbonyl (C=O) groups excluding carboxylic acids is 1. The molecule has 8 heteroatoms. The topological polar surface area (TPSA) is 118 Å². The lowest BCUT2D eigenvalue weighted by atomic mass is 10.0. The number of aromatic nitrogens is 2. The first kappa shape index (κ1) is 22.0. The fourth-order valence-corrected chi connectivity index (χ4v) is 3.41. The predicted octanol–water partition coefficient (Wildman–Crippen LogP) is 3.15. The molecule has 2 aromatic heterocycles. The van der Waals surface area contributed by atoms with E-state index >= 15 is 0 Å². The summed E-state index contributed by atoms with van der Waals surface area (Å²) in [5.41, 5.74) is 1.89. The van der Waals surface area contributed by atoms with Crippen molar-refractivity contribution in [2.24, 2.45) is 0 Å². The van der Waals surface area contributed by atoms with Crippen LogP contribution in [0.2, 0.25) is 0 Å². The maximum absolute atomic E-state index is 12.7. The summed E-state index contributed by atoms with van der Waals surface area (Å²) in [7, 11) is 0. The number of carbonyl (C=O) groups is 2. The Kier molecular flexibility index (Phi) is 6.69. The molecule has 0 amide bonds. The zero-order valence-corrected chi connectivity index (χ0v) is 17.4. The summed E-state index contributed by atoms with van der Waals surface area (Å²) in [6.45, 7) is 3.46. The second kappa shape index (κ2) is 9.42. The second-order valence-corrected chi connectivity index (χ2v) is 7.24. The molecule has 3 aromatic rings. The molecule has 31 heavy (non-hydrogen) atoms. The molecule has 162 valence electrons. The van der Waals surface area contributed by atoms with Crippen LogP contribution in [0.3, 0.4) is 0 Å². The van der Waals surface area contributed by atoms with Gasteiger partial charge in [-0.1, -0.05) is 19.4 Å². The Balaban J connectivity index is 1.92. The first-order chi connectivity index (χ1) is 14.8. The highest BCUT2D eigenvalue weighted by atomic mass is 16.5. The second-order valence-electron chi connectivity index (χ2n) is 7.24. The lowest BCUT2D eigenvalue weighted by Gasteiger charge is -2.15. The molecule has 0 aliphatic heterocycles. The largest absolute Gasteiger partial charge is 0.507 e. The minimum Gasteiger partial charge on any atom is -0.507 e. The van der Waals surface area contributed by atoms with E-state index in [0.717, 1.165) is 6.42 Å². The standard InChI is InChI=1S/C23H24N2O6/c1-3-5-18-19(9-8-17(14(2)26)21(18)29)31-13-16-6-4-11-25-22(16)24-12-15(23(25)30)7-10-20(27)28/h4,6,8-9,11-12,29H,3,5,7,10,13H2,1-2H3,(H,27,28). The van der Waals surface area contributed by atoms with E-state index in [9.17, 15) is 19.5 Å². The number of carboxylic acid groups (broad SMARTS) is 1. The number of fused-ring (bicyclic) bond motifs is 1. The van der Waals surface area contributed by atoms with Crippen molar-refractivity contribution in [3.63, 3.8) is 0 Å². The Labute approximate surface area is 178 Å². The Morgan fingerprint density at radius 3 is 2.61 bits per heavy atom. The van der Waals surface area contributed by atoms with E-state index < -0.39 is 5.97 Å². The number of ether oxygens (including phenoxy) is 1. The molecule has 0 aliphatic carbocycles. The van der Waals surface area contributed by atoms with Crippen LogP contribution in [-0.2, 0) is 24.2 Å². The summed E-state index contributed by atoms with van der Waals surface area (Å²) in [6, 6.07) is 6.67. The number of phenols is 1. The van der Waals surface area contributed by atoms with Gasteiger partial charge in [-0.3, -0.25) is 18.8 Å². The van der Waals surface area contributed by atoms with Gasteiger partial charge in [-0.2, -0.15) is 0 Å². The lowest BCUT2D eigenvalue weighted by Crippen LogP contribution is -2.21. The highest BCUT2D eigenvalue weighted by Crippen LogP contribution is 2.33. The Morgan fingerprint density at radius 2 is 1.94 bits per heavy atom. The average molecular weight is 424 g/mol. The minimum absolute atomic E-state index is 0.0674. The number of Topliss-reactive ketones (excluding diaryl/α,β-unsaturated/α-hetero) is 1. The maximum atomic E-state index is 12.7. The average Bonchev–Trinajstić information content (AvgIpc) is 2.73. The number of aromatic hydroxyl groups is 1. The molecule has 0 fully saturated rings. The number of carboxylic acids is 1. The van der Waals surface area contributed by atoms with Crippen molar-refractivity contribution in [3.8, 4) is 11.5 Å². The van der Waals surface area contributed by atoms with Crippen LogP contribution in [0, 0.1) is 0 Å². The van der Waals surface area contributed by atoms with E-state index in [2.05, 4.69) is 4.98 Å². The van der Waals surface area contributed by atoms with Crippen LogP contribution in [0.4, 0.5) is 0 Å². The number of phenolic OH excluding ortho intramolecular Hbond substituents is 1. The van der Waals surface area contributed by atoms with Gasteiger partial charge in [0.2, 0.25) is 0 Å². The van der Waals surface area contributed by atoms with Crippen LogP contribution in [0.25, 0.3) is 5.65 Å². The van der Waals surface area contributed by atoms with Gasteiger partial charge in [0.15, 0.2) is 5.78 Å². The maximum Gasteiger partial charge on any atom is 0.303 e. The molecule has 0 atom stereocenters. The molecule has 2 heterocycles. The molecule has 0 saturated heterocycles. The number of pyridine rings is 1. The van der Waals surface area contributed by atoms with Crippen LogP contribution < -0.4 is 10.3 Å². The molecule has 2 N–H and O–H groups in total. The number of hydrogen-bond donors (Lipinski definition) is 2. The highest BCUT2D eigenvalue weighted by molar-refractivity contribution is 5.97. The van der Waals surface area contributed by atoms with E-state index in [1.165, 1.54) is 23.6 Å². The van der Waals surface area contributed by atoms with Gasteiger partial charge in [0.05, 0.1) is 5.56 Å². The van der Waals surface area contributed by atoms with Crippen molar-refractivity contribution in [2.75, 3.05) is 0 Å². The molecule has 0 aliphatic rings. The number of aryl methyl sites for hydroxylation is 1. The third-order valence-electron chi connectivity index (χ3n) is 4.99. The van der Waals surface area contributed by atoms with Gasteiger partial charge < -0.3 is 14.9 Å². The Morgan fingerprint density at radius 1 is 1.16 bits per heavy atom. The van der Waals surface area contributed by atoms with Crippen LogP contribution in [0.15, 0.2) is 41.5 Å². The van der Waals surface area contributed by atoms with Crippen LogP contribution in [-0.4, -0.2) is 31.4 Å². The summed E-state index contributed by atoms with van der Waals surface area (Å²) in [6.07, 6.45) is 4.24. The molecule has 1 aromatic carbocycles. The molecular weight excluding hydrogens is 400 g/mol. The van der Waals surface area contributed by atoms with Gasteiger partial charge in [-0.25, -0.2) is 4.98 Å². The summed E-state index contributed by atoms with van der Waals surface area (Å²) in [5, 5.41) is 19.3.